The molecule has 6 N–H and O–H groups in total. The van der Waals surface area contributed by atoms with Crippen LogP contribution in [-0.2, 0) is 30.6 Å². The smallest absolute Gasteiger partial charge is 0.309 e. The summed E-state index contributed by atoms with van der Waals surface area (Å²) in [5.41, 5.74) is 4.24. The van der Waals surface area contributed by atoms with Crippen LogP contribution in [0, 0.1) is 13.8 Å². The molecule has 4 amide bonds. The highest BCUT2D eigenvalue weighted by Crippen LogP contribution is 2.33. The van der Waals surface area contributed by atoms with Gasteiger partial charge in [0.25, 0.3) is 11.8 Å². The number of anilines is 2. The van der Waals surface area contributed by atoms with Crippen molar-refractivity contribution in [2.75, 3.05) is 29.5 Å². The Morgan fingerprint density at radius 1 is 1.00 bits per heavy atom. The van der Waals surface area contributed by atoms with Gasteiger partial charge in [0.1, 0.15) is 24.9 Å². The molecule has 3 aromatic carbocycles. The maximum absolute atomic E-state index is 14.1. The number of hydrogen-bond acceptors (Lipinski definition) is 9. The second-order valence-corrected chi connectivity index (χ2v) is 12.1. The van der Waals surface area contributed by atoms with Gasteiger partial charge in [-0.3, -0.25) is 39.2 Å². The molecule has 14 nitrogen and oxygen atoms in total. The van der Waals surface area contributed by atoms with Crippen LogP contribution in [0.25, 0.3) is 0 Å². The standard InChI is InChI=1S/C34H35Cl2N5O9/c1-19-12-21(13-20(2)32(19)47)33(48)39-26-16-40(30(44)10-11-42)27-8-3-4-9-28(27)41(34(26)49)17-29(43)38-22(14-31(45)46)15-37-50-18-23-24(35)6-5-7-25(23)36/h3-9,12-13,15,26,37,42,47H,10-11,14,16-18H2,1-2H3,(H,38,43)(H,39,48)(H,45,46)/b22-15-/t26-/m0/s1. The van der Waals surface area contributed by atoms with Crippen molar-refractivity contribution in [3.8, 4) is 5.75 Å². The Kier molecular flexibility index (Phi) is 12.8. The molecule has 0 saturated carbocycles. The number of hydroxylamine groups is 1. The number of rotatable bonds is 13. The quantitative estimate of drug-likeness (QED) is 0.112. The molecule has 0 radical (unpaired) electrons. The first-order chi connectivity index (χ1) is 23.8. The van der Waals surface area contributed by atoms with Gasteiger partial charge in [0.2, 0.25) is 11.8 Å². The van der Waals surface area contributed by atoms with Crippen LogP contribution in [0.5, 0.6) is 5.75 Å². The number of para-hydroxylation sites is 2. The summed E-state index contributed by atoms with van der Waals surface area (Å²) in [5, 5.41) is 34.9. The van der Waals surface area contributed by atoms with Gasteiger partial charge in [0.15, 0.2) is 0 Å². The number of aliphatic hydroxyl groups excluding tert-OH is 1. The van der Waals surface area contributed by atoms with Crippen LogP contribution in [0.4, 0.5) is 11.4 Å². The molecule has 0 spiro atoms. The van der Waals surface area contributed by atoms with E-state index < -0.39 is 55.2 Å². The van der Waals surface area contributed by atoms with Crippen molar-refractivity contribution < 1.29 is 44.1 Å². The molecule has 50 heavy (non-hydrogen) atoms. The number of aliphatic hydroxyl groups is 1. The Balaban J connectivity index is 1.60. The van der Waals surface area contributed by atoms with E-state index in [-0.39, 0.29) is 48.0 Å². The van der Waals surface area contributed by atoms with Crippen molar-refractivity contribution in [2.45, 2.75) is 39.3 Å². The van der Waals surface area contributed by atoms with E-state index in [1.165, 1.54) is 23.1 Å². The number of carboxylic acid groups (broad SMARTS) is 1. The van der Waals surface area contributed by atoms with Gasteiger partial charge in [-0.25, -0.2) is 0 Å². The number of aliphatic carboxylic acids is 1. The fraction of sp³-hybridized carbons (Fsp3) is 0.265. The summed E-state index contributed by atoms with van der Waals surface area (Å²) in [6.45, 7) is 1.70. The first kappa shape index (κ1) is 37.7. The number of phenols is 1. The maximum Gasteiger partial charge on any atom is 0.309 e. The zero-order valence-corrected chi connectivity index (χ0v) is 28.5. The minimum absolute atomic E-state index is 0.0172. The molecule has 0 aromatic heterocycles. The number of carboxylic acids is 1. The van der Waals surface area contributed by atoms with Crippen LogP contribution < -0.4 is 25.9 Å². The Morgan fingerprint density at radius 3 is 2.26 bits per heavy atom. The van der Waals surface area contributed by atoms with Crippen molar-refractivity contribution >= 4 is 64.2 Å². The fourth-order valence-corrected chi connectivity index (χ4v) is 5.71. The third kappa shape index (κ3) is 9.30. The highest BCUT2D eigenvalue weighted by Gasteiger charge is 2.37. The molecule has 4 rings (SSSR count). The number of amides is 4. The van der Waals surface area contributed by atoms with Gasteiger partial charge in [-0.1, -0.05) is 41.4 Å². The van der Waals surface area contributed by atoms with Crippen LogP contribution in [0.15, 0.2) is 66.5 Å². The van der Waals surface area contributed by atoms with Crippen molar-refractivity contribution in [1.82, 2.24) is 16.1 Å². The molecule has 0 fully saturated rings. The van der Waals surface area contributed by atoms with E-state index in [0.717, 1.165) is 11.1 Å². The topological polar surface area (TPSA) is 198 Å². The highest BCUT2D eigenvalue weighted by molar-refractivity contribution is 6.36. The summed E-state index contributed by atoms with van der Waals surface area (Å²) >= 11 is 12.3. The zero-order chi connectivity index (χ0) is 36.5. The van der Waals surface area contributed by atoms with Gasteiger partial charge in [-0.15, -0.1) is 0 Å². The van der Waals surface area contributed by atoms with Crippen molar-refractivity contribution in [3.63, 3.8) is 0 Å². The number of aryl methyl sites for hydroxylation is 2. The third-order valence-electron chi connectivity index (χ3n) is 7.62. The SMILES string of the molecule is Cc1cc(C(=O)N[C@H]2CN(C(=O)CCO)c3ccccc3N(CC(=O)N/C(=C\NOCc3c(Cl)cccc3Cl)CC(=O)O)C2=O)cc(C)c1O. The summed E-state index contributed by atoms with van der Waals surface area (Å²) in [5.74, 6) is -4.01. The van der Waals surface area contributed by atoms with Crippen LogP contribution in [-0.4, -0.2) is 70.7 Å². The monoisotopic (exact) mass is 727 g/mol. The molecule has 1 heterocycles. The summed E-state index contributed by atoms with van der Waals surface area (Å²) in [4.78, 5) is 73.4. The average molecular weight is 729 g/mol. The summed E-state index contributed by atoms with van der Waals surface area (Å²) in [7, 11) is 0. The third-order valence-corrected chi connectivity index (χ3v) is 8.32. The normalized spacial score (nSPS) is 14.5. The molecular formula is C34H35Cl2N5O9. The summed E-state index contributed by atoms with van der Waals surface area (Å²) in [6, 6.07) is 12.7. The molecule has 0 aliphatic carbocycles. The van der Waals surface area contributed by atoms with Gasteiger partial charge in [-0.05, 0) is 61.4 Å². The molecule has 264 valence electrons. The predicted octanol–water partition coefficient (Wildman–Crippen LogP) is 3.33. The Labute approximate surface area is 297 Å². The van der Waals surface area contributed by atoms with E-state index in [0.29, 0.717) is 26.7 Å². The zero-order valence-electron chi connectivity index (χ0n) is 27.0. The number of phenolic OH excluding ortho intramolecular Hbond substituents is 1. The predicted molar refractivity (Wildman–Crippen MR) is 185 cm³/mol. The number of carbonyl (C=O) groups is 5. The Hall–Kier alpha value is -5.15. The second-order valence-electron chi connectivity index (χ2n) is 11.3. The minimum atomic E-state index is -1.36. The summed E-state index contributed by atoms with van der Waals surface area (Å²) < 4.78 is 0. The number of benzene rings is 3. The van der Waals surface area contributed by atoms with E-state index in [9.17, 15) is 39.3 Å². The fourth-order valence-electron chi connectivity index (χ4n) is 5.21. The van der Waals surface area contributed by atoms with E-state index in [1.54, 1.807) is 50.2 Å². The lowest BCUT2D eigenvalue weighted by molar-refractivity contribution is -0.136. The van der Waals surface area contributed by atoms with Gasteiger partial charge in [-0.2, -0.15) is 0 Å². The summed E-state index contributed by atoms with van der Waals surface area (Å²) in [6.07, 6.45) is 0.211. The first-order valence-corrected chi connectivity index (χ1v) is 16.0. The van der Waals surface area contributed by atoms with Crippen molar-refractivity contribution in [3.05, 3.63) is 98.8 Å². The van der Waals surface area contributed by atoms with E-state index in [4.69, 9.17) is 28.0 Å². The molecule has 1 aliphatic rings. The number of hydrogen-bond donors (Lipinski definition) is 6. The number of aromatic hydroxyl groups is 1. The van der Waals surface area contributed by atoms with Crippen molar-refractivity contribution in [1.29, 1.82) is 0 Å². The molecule has 0 saturated heterocycles. The Bertz CT molecular complexity index is 1790. The molecule has 0 unspecified atom stereocenters. The Morgan fingerprint density at radius 2 is 1.64 bits per heavy atom. The van der Waals surface area contributed by atoms with Crippen LogP contribution in [0.2, 0.25) is 10.0 Å². The van der Waals surface area contributed by atoms with Crippen LogP contribution in [0.3, 0.4) is 0 Å². The molecule has 16 heteroatoms. The lowest BCUT2D eigenvalue weighted by Crippen LogP contribution is -2.54. The molecule has 0 bridgehead atoms. The number of nitrogens with zero attached hydrogens (tertiary/aromatic N) is 2. The molecular weight excluding hydrogens is 693 g/mol. The molecule has 3 aromatic rings. The van der Waals surface area contributed by atoms with Crippen molar-refractivity contribution in [2.24, 2.45) is 0 Å². The van der Waals surface area contributed by atoms with Gasteiger partial charge in [0, 0.05) is 33.1 Å². The van der Waals surface area contributed by atoms with Crippen LogP contribution >= 0.6 is 23.2 Å². The molecule has 1 atom stereocenters. The van der Waals surface area contributed by atoms with Gasteiger partial charge in [0.05, 0.1) is 37.4 Å². The van der Waals surface area contributed by atoms with Crippen LogP contribution in [0.1, 0.15) is 39.9 Å². The number of fused-ring (bicyclic) bond motifs is 1. The first-order valence-electron chi connectivity index (χ1n) is 15.2. The number of carbonyl (C=O) groups excluding carboxylic acids is 4. The van der Waals surface area contributed by atoms with Gasteiger partial charge < -0.3 is 30.9 Å². The maximum atomic E-state index is 14.1. The number of halogens is 2. The highest BCUT2D eigenvalue weighted by atomic mass is 35.5. The van der Waals surface area contributed by atoms with E-state index in [2.05, 4.69) is 16.1 Å². The largest absolute Gasteiger partial charge is 0.507 e. The number of nitrogens with one attached hydrogen (secondary N) is 3. The lowest BCUT2D eigenvalue weighted by Gasteiger charge is -2.25. The lowest BCUT2D eigenvalue weighted by atomic mass is 10.0. The van der Waals surface area contributed by atoms with Gasteiger partial charge >= 0.3 is 5.97 Å². The molecule has 1 aliphatic heterocycles. The average Bonchev–Trinajstić information content (AvgIpc) is 3.17. The minimum Gasteiger partial charge on any atom is -0.507 e. The van der Waals surface area contributed by atoms with E-state index >= 15 is 0 Å². The van der Waals surface area contributed by atoms with E-state index in [1.807, 2.05) is 0 Å². The second kappa shape index (κ2) is 17.0.